The van der Waals surface area contributed by atoms with E-state index in [4.69, 9.17) is 40.8 Å². The van der Waals surface area contributed by atoms with E-state index in [1.165, 1.54) is 187 Å². The molecule has 12 N–H and O–H groups in total. The number of aliphatic imine (C=N–C) groups is 4. The van der Waals surface area contributed by atoms with Gasteiger partial charge in [-0.3, -0.25) is 44.1 Å². The number of hydrogen-bond donors (Lipinski definition) is 8. The number of carbonyl (C=O) groups is 4. The lowest BCUT2D eigenvalue weighted by Crippen LogP contribution is -2.50. The second-order valence-corrected chi connectivity index (χ2v) is 44.5. The number of likely N-dealkylation sites (N-methyl/N-ethyl adjacent to an activating group) is 4. The molecule has 130 heavy (non-hydrogen) atoms. The number of nitrogens with two attached hydrogens (primary N) is 4. The van der Waals surface area contributed by atoms with Gasteiger partial charge < -0.3 is 53.3 Å². The number of fused-ring (bicyclic) bond motifs is 1. The molecule has 0 radical (unpaired) electrons. The van der Waals surface area contributed by atoms with Gasteiger partial charge in [-0.1, -0.05) is 0 Å². The fraction of sp³-hybridized carbons (Fsp3) is 0.373. The van der Waals surface area contributed by atoms with Crippen LogP contribution in [0.1, 0.15) is 160 Å². The molecule has 0 unspecified atom stereocenters. The standard InChI is InChI=1S/C23H24FN7O3S.C22H25FN6O3S.C21H27FN6O4S.C17H21FN6O3S2/c1-22(2)21(25)29-23(3,13-30(5)35(22,33)34)16-10-15(6-7-17(16)24)27-20(32)18-12-31-9-8-14(26-4)11-19(31)28-18;1-13-9-15(25-5)11-26-18(13)19(30)27-14-7-8-17(23)16(10-14)22(4)12-29(6)33(31,32)21(2,3)20(24)28-22;1-6-32-17-11-24-16(10-25-17)18(29)26-13-7-8-15(22)14(9-13)21(4)12-28(5)33(30,31)20(2,3)19(23)27-21;1-16(2)15(19)22-17(3,9-24(4)29(16,26)27)11-7-10(5-6-12(11)18)21-14(25)13-8-20-28-23-13/h6-12H,13H2,1-3,5H3,(H2,25,29)(H,27,32);7-11H,12H2,1-4,6H3,(H2,24,28)(H,27,30);7-11H,6,12H2,1-5H3,(H2,23,27)(H,26,29);5-8H,9H2,1-4H3,(H2,19,22)(H,21,25)/t23-;22-;21-;17-/m0000/s1. The lowest BCUT2D eigenvalue weighted by molar-refractivity contribution is 0.101. The first kappa shape index (κ1) is 99.4. The van der Waals surface area contributed by atoms with E-state index in [1.807, 2.05) is 0 Å². The summed E-state index contributed by atoms with van der Waals surface area (Å²) in [4.78, 5) is 91.0. The Hall–Kier alpha value is -12.7. The Morgan fingerprint density at radius 2 is 0.800 bits per heavy atom. The third kappa shape index (κ3) is 19.6. The highest BCUT2D eigenvalue weighted by atomic mass is 32.2. The number of amides is 4. The Balaban J connectivity index is 0.000000181. The van der Waals surface area contributed by atoms with Crippen molar-refractivity contribution < 1.29 is 75.1 Å². The number of halogens is 4. The number of amidine groups is 4. The molecule has 690 valence electrons. The summed E-state index contributed by atoms with van der Waals surface area (Å²) in [6.45, 7) is 35.5. The second kappa shape index (κ2) is 36.7. The number of nitrogens with one attached hydrogen (secondary N) is 4. The van der Waals surface area contributed by atoms with Gasteiger partial charge in [-0.15, -0.1) is 0 Å². The van der Waals surface area contributed by atoms with Crippen LogP contribution < -0.4 is 48.9 Å². The first-order chi connectivity index (χ1) is 60.2. The number of carbonyl (C=O) groups excluding carboxylic acids is 4. The Labute approximate surface area is 753 Å². The number of aryl methyl sites for hydroxylation is 1. The summed E-state index contributed by atoms with van der Waals surface area (Å²) >= 11 is 0.894. The number of rotatable bonds is 14. The molecule has 9 heterocycles. The zero-order valence-electron chi connectivity index (χ0n) is 73.9. The molecule has 0 bridgehead atoms. The molecular formula is C83H97F4N25O13S5. The van der Waals surface area contributed by atoms with E-state index in [1.54, 1.807) is 70.3 Å². The van der Waals surface area contributed by atoms with Crippen LogP contribution in [0.2, 0.25) is 0 Å². The predicted molar refractivity (Wildman–Crippen MR) is 486 cm³/mol. The molecule has 0 saturated carbocycles. The molecule has 13 rings (SSSR count). The lowest BCUT2D eigenvalue weighted by atomic mass is 9.91. The summed E-state index contributed by atoms with van der Waals surface area (Å²) in [5.74, 6) is -4.80. The van der Waals surface area contributed by atoms with Gasteiger partial charge in [0.15, 0.2) is 11.4 Å². The number of pyridine rings is 2. The van der Waals surface area contributed by atoms with Gasteiger partial charge in [-0.25, -0.2) is 93.1 Å². The molecule has 0 spiro atoms. The highest BCUT2D eigenvalue weighted by Crippen LogP contribution is 2.43. The van der Waals surface area contributed by atoms with Crippen molar-refractivity contribution in [3.05, 3.63) is 225 Å². The van der Waals surface area contributed by atoms with E-state index in [-0.39, 0.29) is 117 Å². The van der Waals surface area contributed by atoms with Crippen LogP contribution in [-0.4, -0.2) is 211 Å². The van der Waals surface area contributed by atoms with Gasteiger partial charge >= 0.3 is 0 Å². The first-order valence-electron chi connectivity index (χ1n) is 39.4. The van der Waals surface area contributed by atoms with E-state index >= 15 is 4.39 Å². The molecule has 4 atom stereocenters. The van der Waals surface area contributed by atoms with Crippen LogP contribution in [0.4, 0.5) is 51.7 Å². The van der Waals surface area contributed by atoms with E-state index < -0.39 is 128 Å². The van der Waals surface area contributed by atoms with Crippen molar-refractivity contribution in [1.82, 2.24) is 50.3 Å². The van der Waals surface area contributed by atoms with Crippen molar-refractivity contribution >= 4 is 139 Å². The molecule has 4 aliphatic heterocycles. The van der Waals surface area contributed by atoms with Crippen molar-refractivity contribution in [3.63, 3.8) is 0 Å². The number of aromatic nitrogens is 7. The Kier molecular flexibility index (Phi) is 28.0. The number of anilines is 4. The largest absolute Gasteiger partial charge is 0.477 e. The van der Waals surface area contributed by atoms with Crippen LogP contribution in [0.25, 0.3) is 15.3 Å². The minimum atomic E-state index is -3.84. The van der Waals surface area contributed by atoms with E-state index in [0.29, 0.717) is 34.9 Å². The van der Waals surface area contributed by atoms with E-state index in [0.717, 1.165) is 28.9 Å². The molecule has 5 aromatic heterocycles. The van der Waals surface area contributed by atoms with Crippen LogP contribution in [0.3, 0.4) is 0 Å². The number of ether oxygens (including phenoxy) is 1. The Morgan fingerprint density at radius 1 is 0.454 bits per heavy atom. The average molecular weight is 1890 g/mol. The summed E-state index contributed by atoms with van der Waals surface area (Å²) in [5.41, 5.74) is 22.5. The zero-order chi connectivity index (χ0) is 96.7. The highest BCUT2D eigenvalue weighted by Gasteiger charge is 2.53. The number of nitrogens with zero attached hydrogens (tertiary/aromatic N) is 17. The first-order valence-corrected chi connectivity index (χ1v) is 45.9. The van der Waals surface area contributed by atoms with Crippen LogP contribution in [-0.2, 0) is 62.2 Å². The molecule has 47 heteroatoms. The number of imidazole rings is 1. The minimum absolute atomic E-state index is 0.0415. The summed E-state index contributed by atoms with van der Waals surface area (Å²) in [5, 5.41) is 10.6. The topological polar surface area (TPSA) is 519 Å². The third-order valence-electron chi connectivity index (χ3n) is 22.5. The quantitative estimate of drug-likeness (QED) is 0.0371. The van der Waals surface area contributed by atoms with Gasteiger partial charge in [0.1, 0.15) is 110 Å². The minimum Gasteiger partial charge on any atom is -0.477 e. The maximum absolute atomic E-state index is 15.0. The van der Waals surface area contributed by atoms with Gasteiger partial charge in [-0.2, -0.15) is 8.75 Å². The van der Waals surface area contributed by atoms with Crippen molar-refractivity contribution in [2.45, 2.75) is 138 Å². The van der Waals surface area contributed by atoms with Gasteiger partial charge in [0, 0.05) is 112 Å². The van der Waals surface area contributed by atoms with Crippen LogP contribution in [0.15, 0.2) is 148 Å². The number of sulfonamides is 4. The lowest BCUT2D eigenvalue weighted by Gasteiger charge is -2.29. The maximum Gasteiger partial charge on any atom is 0.277 e. The van der Waals surface area contributed by atoms with Gasteiger partial charge in [0.25, 0.3) is 23.6 Å². The molecule has 0 fully saturated rings. The molecule has 4 aromatic carbocycles. The third-order valence-corrected chi connectivity index (χ3v) is 32.7. The monoisotopic (exact) mass is 1890 g/mol. The van der Waals surface area contributed by atoms with Crippen LogP contribution in [0.5, 0.6) is 5.88 Å². The van der Waals surface area contributed by atoms with Crippen molar-refractivity contribution in [2.75, 3.05) is 82.2 Å². The SMILES string of the molecule is CCOc1cnc(C(=O)Nc2ccc(F)c([C@]3(C)CN(C)S(=O)(=O)C(C)(C)C(N)=N3)c2)cn1.CN1C[C@@](C)(c2cc(NC(=O)c3cnsn3)ccc2F)N=C(N)C(C)(C)S1(=O)=O.[C-]#[N+]c1ccn2cc(C(=O)Nc3ccc(F)c([C@]4(C)CN(C)S(=O)(=O)C(C)(C)C(N)=N4)c3)nc2c1.[C-]#[N+]c1cnc(C(=O)Nc2ccc(F)c([C@]3(C)CN(C)S(=O)(=O)C(C)(C)C(N)=N3)c2)c(C)c1. The van der Waals surface area contributed by atoms with E-state index in [2.05, 4.69) is 79.6 Å². The highest BCUT2D eigenvalue weighted by molar-refractivity contribution is 7.92. The Bertz CT molecular complexity index is 6730. The number of benzene rings is 4. The summed E-state index contributed by atoms with van der Waals surface area (Å²) in [7, 11) is -9.71. The fourth-order valence-electron chi connectivity index (χ4n) is 14.3. The fourth-order valence-corrected chi connectivity index (χ4v) is 20.7. The van der Waals surface area contributed by atoms with Crippen molar-refractivity contribution in [2.24, 2.45) is 42.9 Å². The number of hydrogen-bond acceptors (Lipinski definition) is 28. The second-order valence-electron chi connectivity index (χ2n) is 33.6. The normalized spacial score (nSPS) is 22.4. The smallest absolute Gasteiger partial charge is 0.277 e. The van der Waals surface area contributed by atoms with Crippen molar-refractivity contribution in [3.8, 4) is 5.88 Å². The summed E-state index contributed by atoms with van der Waals surface area (Å²) < 4.78 is 176. The summed E-state index contributed by atoms with van der Waals surface area (Å²) in [6.07, 6.45) is 8.37. The molecule has 4 aliphatic rings. The zero-order valence-corrected chi connectivity index (χ0v) is 78.0. The van der Waals surface area contributed by atoms with E-state index in [9.17, 15) is 66.0 Å². The van der Waals surface area contributed by atoms with Crippen LogP contribution >= 0.6 is 11.7 Å². The van der Waals surface area contributed by atoms with Gasteiger partial charge in [0.2, 0.25) is 51.7 Å². The predicted octanol–water partition coefficient (Wildman–Crippen LogP) is 9.31. The van der Waals surface area contributed by atoms with Gasteiger partial charge in [-0.05, 0) is 200 Å². The van der Waals surface area contributed by atoms with Gasteiger partial charge in [0.05, 0.1) is 50.1 Å². The molecule has 4 amide bonds. The molecular weight excluding hydrogens is 1790 g/mol. The summed E-state index contributed by atoms with van der Waals surface area (Å²) in [6, 6.07) is 20.6. The molecule has 9 aromatic rings. The maximum atomic E-state index is 15.0. The Morgan fingerprint density at radius 3 is 1.12 bits per heavy atom. The average Bonchev–Trinajstić information content (AvgIpc) is 1.61. The molecule has 0 aliphatic carbocycles. The van der Waals surface area contributed by atoms with Crippen molar-refractivity contribution in [1.29, 1.82) is 0 Å². The molecule has 0 saturated heterocycles. The molecule has 38 nitrogen and oxygen atoms in total. The van der Waals surface area contributed by atoms with Crippen LogP contribution in [0, 0.1) is 43.3 Å².